The van der Waals surface area contributed by atoms with Crippen LogP contribution in [0.3, 0.4) is 0 Å². The van der Waals surface area contributed by atoms with Crippen molar-refractivity contribution >= 4 is 60.9 Å². The van der Waals surface area contributed by atoms with E-state index in [9.17, 15) is 23.9 Å². The van der Waals surface area contributed by atoms with E-state index >= 15 is 4.39 Å². The van der Waals surface area contributed by atoms with Gasteiger partial charge in [0.25, 0.3) is 0 Å². The fraction of sp³-hybridized carbons (Fsp3) is 0.290. The molecule has 3 heterocycles. The van der Waals surface area contributed by atoms with Crippen molar-refractivity contribution in [1.82, 2.24) is 24.6 Å². The number of hydrogen-bond acceptors (Lipinski definition) is 13. The summed E-state index contributed by atoms with van der Waals surface area (Å²) in [5.74, 6) is -0.993. The molecule has 3 aromatic carbocycles. The summed E-state index contributed by atoms with van der Waals surface area (Å²) < 4.78 is 71.2. The van der Waals surface area contributed by atoms with E-state index in [1.807, 2.05) is 0 Å². The average molecular weight is 765 g/mol. The van der Waals surface area contributed by atoms with E-state index in [0.717, 1.165) is 10.9 Å². The molecule has 16 nitrogen and oxygen atoms in total. The summed E-state index contributed by atoms with van der Waals surface area (Å²) in [7, 11) is -10.4. The highest BCUT2D eigenvalue weighted by Gasteiger charge is 2.49. The molecule has 270 valence electrons. The highest BCUT2D eigenvalue weighted by Crippen LogP contribution is 2.61. The molecule has 0 amide bonds. The third-order valence-corrected chi connectivity index (χ3v) is 11.3. The van der Waals surface area contributed by atoms with Crippen LogP contribution in [0.5, 0.6) is 5.75 Å². The van der Waals surface area contributed by atoms with E-state index in [1.54, 1.807) is 66.7 Å². The number of aliphatic hydroxyl groups is 1. The van der Waals surface area contributed by atoms with Crippen LogP contribution in [-0.4, -0.2) is 66.0 Å². The third kappa shape index (κ3) is 8.23. The number of imidazole rings is 1. The quantitative estimate of drug-likeness (QED) is 0.0684. The van der Waals surface area contributed by atoms with Crippen molar-refractivity contribution in [3.8, 4) is 5.75 Å². The van der Waals surface area contributed by atoms with Gasteiger partial charge in [0.2, 0.25) is 5.28 Å². The number of phosphoric ester groups is 1. The number of anilines is 1. The minimum atomic E-state index is -5.41. The molecule has 5 aromatic rings. The first-order chi connectivity index (χ1) is 24.1. The van der Waals surface area contributed by atoms with Gasteiger partial charge >= 0.3 is 21.5 Å². The first-order valence-electron chi connectivity index (χ1n) is 15.2. The Morgan fingerprint density at radius 2 is 1.80 bits per heavy atom. The van der Waals surface area contributed by atoms with Gasteiger partial charge in [-0.3, -0.25) is 13.9 Å². The second kappa shape index (κ2) is 14.5. The minimum absolute atomic E-state index is 0.00703. The Balaban J connectivity index is 1.20. The molecule has 1 aliphatic rings. The van der Waals surface area contributed by atoms with Gasteiger partial charge in [-0.2, -0.15) is 19.4 Å². The van der Waals surface area contributed by atoms with Crippen LogP contribution in [0, 0.1) is 0 Å². The van der Waals surface area contributed by atoms with Crippen LogP contribution in [0.1, 0.15) is 25.6 Å². The molecule has 6 atom stereocenters. The molecular weight excluding hydrogens is 733 g/mol. The van der Waals surface area contributed by atoms with Gasteiger partial charge in [-0.15, -0.1) is 0 Å². The van der Waals surface area contributed by atoms with Gasteiger partial charge in [0.1, 0.15) is 35.6 Å². The molecule has 20 heteroatoms. The molecule has 5 N–H and O–H groups in total. The Labute approximate surface area is 294 Å². The first-order valence-corrected chi connectivity index (χ1v) is 18.7. The van der Waals surface area contributed by atoms with Crippen LogP contribution in [0.2, 0.25) is 5.28 Å². The molecule has 3 unspecified atom stereocenters. The number of carbonyl (C=O) groups excluding carboxylic acids is 1. The van der Waals surface area contributed by atoms with E-state index in [2.05, 4.69) is 20.0 Å². The zero-order valence-electron chi connectivity index (χ0n) is 26.9. The Morgan fingerprint density at radius 1 is 1.10 bits per heavy atom. The van der Waals surface area contributed by atoms with E-state index in [-0.39, 0.29) is 34.6 Å². The predicted molar refractivity (Wildman–Crippen MR) is 182 cm³/mol. The van der Waals surface area contributed by atoms with Gasteiger partial charge in [0.15, 0.2) is 23.9 Å². The van der Waals surface area contributed by atoms with Crippen LogP contribution in [-0.2, 0) is 38.8 Å². The van der Waals surface area contributed by atoms with E-state index in [1.165, 1.54) is 19.9 Å². The minimum Gasteiger partial charge on any atom is -0.459 e. The van der Waals surface area contributed by atoms with Crippen molar-refractivity contribution in [3.05, 3.63) is 90.0 Å². The number of phosphoric acid groups is 1. The lowest BCUT2D eigenvalue weighted by Crippen LogP contribution is -2.46. The second-order valence-electron chi connectivity index (χ2n) is 11.9. The van der Waals surface area contributed by atoms with E-state index in [0.29, 0.717) is 16.3 Å². The number of rotatable bonds is 13. The van der Waals surface area contributed by atoms with E-state index < -0.39 is 58.3 Å². The molecule has 0 spiro atoms. The summed E-state index contributed by atoms with van der Waals surface area (Å²) in [6.45, 7) is 1.57. The number of halogens is 2. The zero-order chi connectivity index (χ0) is 36.6. The fourth-order valence-electron chi connectivity index (χ4n) is 5.25. The largest absolute Gasteiger partial charge is 0.481 e. The zero-order valence-corrected chi connectivity index (χ0v) is 29.5. The first kappa shape index (κ1) is 36.8. The lowest BCUT2D eigenvalue weighted by molar-refractivity contribution is -0.151. The van der Waals surface area contributed by atoms with Crippen LogP contribution >= 0.6 is 27.2 Å². The maximum absolute atomic E-state index is 15.3. The lowest BCUT2D eigenvalue weighted by atomic mass is 10.1. The highest BCUT2D eigenvalue weighted by molar-refractivity contribution is 7.63. The standard InChI is InChI=1S/C31H32ClFN6O10P2/c1-31(2,29(41)45-15-18-9-4-3-5-10-18)38-50(42,48-21-14-8-12-19-11-6-7-13-20(19)21)49-51(43,44)46-16-22-25(40)23(33)28(47-22)39-17-35-24-26(34)36-30(32)37-27(24)39/h3-14,17,22-23,25,28,40H,15-16H2,1-2H3,(H,38,42)(H,43,44)(H2,34,36,37)/t22-,23-,25?,28-,50?/m1/s1. The number of benzene rings is 3. The van der Waals surface area contributed by atoms with Gasteiger partial charge < -0.3 is 29.7 Å². The molecule has 6 rings (SSSR count). The van der Waals surface area contributed by atoms with Crippen LogP contribution < -0.4 is 15.3 Å². The van der Waals surface area contributed by atoms with Gasteiger partial charge in [0, 0.05) is 5.39 Å². The number of esters is 1. The number of nitrogens with one attached hydrogen (secondary N) is 1. The van der Waals surface area contributed by atoms with Crippen LogP contribution in [0.4, 0.5) is 10.2 Å². The van der Waals surface area contributed by atoms with E-state index in [4.69, 9.17) is 40.2 Å². The number of nitrogens with zero attached hydrogens (tertiary/aromatic N) is 4. The number of alkyl halides is 1. The monoisotopic (exact) mass is 764 g/mol. The molecule has 0 saturated carbocycles. The fourth-order valence-corrected chi connectivity index (χ4v) is 8.56. The number of nitrogens with two attached hydrogens (primary N) is 1. The lowest BCUT2D eigenvalue weighted by Gasteiger charge is -2.30. The summed E-state index contributed by atoms with van der Waals surface area (Å²) in [5, 5.41) is 13.9. The van der Waals surface area contributed by atoms with Crippen molar-refractivity contribution in [2.45, 2.75) is 50.6 Å². The molecule has 0 aliphatic carbocycles. The Hall–Kier alpha value is -4.02. The van der Waals surface area contributed by atoms with Gasteiger partial charge in [0.05, 0.1) is 12.9 Å². The van der Waals surface area contributed by atoms with Gasteiger partial charge in [-0.05, 0) is 42.5 Å². The van der Waals surface area contributed by atoms with Gasteiger partial charge in [-0.25, -0.2) is 18.5 Å². The number of carbonyl (C=O) groups is 1. The molecular formula is C31H32ClFN6O10P2. The number of fused-ring (bicyclic) bond motifs is 2. The summed E-state index contributed by atoms with van der Waals surface area (Å²) >= 11 is 5.90. The maximum Gasteiger partial charge on any atom is 0.481 e. The number of aliphatic hydroxyl groups excluding tert-OH is 1. The Bertz CT molecular complexity index is 2160. The molecule has 1 fully saturated rings. The number of nitrogen functional groups attached to an aromatic ring is 1. The molecule has 2 aromatic heterocycles. The topological polar surface area (TPSA) is 219 Å². The predicted octanol–water partition coefficient (Wildman–Crippen LogP) is 5.24. The summed E-state index contributed by atoms with van der Waals surface area (Å²) in [6.07, 6.45) is -5.91. The third-order valence-electron chi connectivity index (χ3n) is 7.71. The van der Waals surface area contributed by atoms with Gasteiger partial charge in [-0.1, -0.05) is 66.7 Å². The molecule has 1 saturated heterocycles. The smallest absolute Gasteiger partial charge is 0.459 e. The summed E-state index contributed by atoms with van der Waals surface area (Å²) in [5.41, 5.74) is 4.78. The van der Waals surface area contributed by atoms with Crippen molar-refractivity contribution in [2.75, 3.05) is 12.3 Å². The molecule has 0 bridgehead atoms. The Kier molecular flexibility index (Phi) is 10.5. The normalized spacial score (nSPS) is 21.7. The van der Waals surface area contributed by atoms with Crippen molar-refractivity contribution < 1.29 is 51.1 Å². The number of hydrogen-bond donors (Lipinski definition) is 4. The number of aromatic nitrogens is 4. The SMILES string of the molecule is CC(C)(NP(=O)(Oc1cccc2ccccc12)OP(=O)(O)OC[C@H]1O[C@@H](n2cnc3c(N)nc(Cl)nc32)[C@H](F)C1O)C(=O)OCc1ccccc1. The van der Waals surface area contributed by atoms with Crippen molar-refractivity contribution in [2.24, 2.45) is 0 Å². The Morgan fingerprint density at radius 3 is 2.57 bits per heavy atom. The molecule has 0 radical (unpaired) electrons. The van der Waals surface area contributed by atoms with Crippen molar-refractivity contribution in [3.63, 3.8) is 0 Å². The van der Waals surface area contributed by atoms with Crippen LogP contribution in [0.25, 0.3) is 21.9 Å². The summed E-state index contributed by atoms with van der Waals surface area (Å²) in [6, 6.07) is 20.5. The molecule has 1 aliphatic heterocycles. The molecule has 51 heavy (non-hydrogen) atoms. The maximum atomic E-state index is 15.3. The summed E-state index contributed by atoms with van der Waals surface area (Å²) in [4.78, 5) is 35.8. The second-order valence-corrected chi connectivity index (χ2v) is 15.5. The van der Waals surface area contributed by atoms with Crippen molar-refractivity contribution in [1.29, 1.82) is 0 Å². The highest BCUT2D eigenvalue weighted by atomic mass is 35.5. The number of ether oxygens (including phenoxy) is 2. The average Bonchev–Trinajstić information content (AvgIpc) is 3.62. The van der Waals surface area contributed by atoms with Crippen LogP contribution in [0.15, 0.2) is 79.1 Å².